The predicted octanol–water partition coefficient (Wildman–Crippen LogP) is 4.21. The van der Waals surface area contributed by atoms with Gasteiger partial charge in [-0.2, -0.15) is 5.26 Å². The highest BCUT2D eigenvalue weighted by Crippen LogP contribution is 2.34. The first-order valence-electron chi connectivity index (χ1n) is 9.55. The Morgan fingerprint density at radius 2 is 1.70 bits per heavy atom. The number of carbonyl (C=O) groups is 1. The Balaban J connectivity index is 1.30. The summed E-state index contributed by atoms with van der Waals surface area (Å²) in [6.45, 7) is 2.05. The van der Waals surface area contributed by atoms with Crippen LogP contribution in [0.3, 0.4) is 0 Å². The Labute approximate surface area is 174 Å². The van der Waals surface area contributed by atoms with Crippen LogP contribution < -0.4 is 19.5 Å². The molecular weight excluding hydrogens is 380 g/mol. The largest absolute Gasteiger partial charge is 0.484 e. The summed E-state index contributed by atoms with van der Waals surface area (Å²) in [5.74, 6) is 1.80. The van der Waals surface area contributed by atoms with Gasteiger partial charge in [0.15, 0.2) is 18.1 Å². The number of hydrogen-bond donors (Lipinski definition) is 1. The maximum Gasteiger partial charge on any atom is 0.258 e. The molecule has 1 atom stereocenters. The van der Waals surface area contributed by atoms with Crippen LogP contribution in [0.5, 0.6) is 17.2 Å². The van der Waals surface area contributed by atoms with Gasteiger partial charge in [0.2, 0.25) is 6.79 Å². The first-order chi connectivity index (χ1) is 14.6. The summed E-state index contributed by atoms with van der Waals surface area (Å²) < 4.78 is 16.3. The van der Waals surface area contributed by atoms with Gasteiger partial charge in [-0.1, -0.05) is 30.3 Å². The summed E-state index contributed by atoms with van der Waals surface area (Å²) in [5.41, 5.74) is 3.57. The average Bonchev–Trinajstić information content (AvgIpc) is 3.26. The normalized spacial score (nSPS) is 12.7. The van der Waals surface area contributed by atoms with Crippen molar-refractivity contribution in [1.82, 2.24) is 5.32 Å². The van der Waals surface area contributed by atoms with E-state index in [1.165, 1.54) is 0 Å². The van der Waals surface area contributed by atoms with Crippen LogP contribution in [-0.4, -0.2) is 19.3 Å². The van der Waals surface area contributed by atoms with Gasteiger partial charge in [-0.3, -0.25) is 4.79 Å². The molecule has 150 valence electrons. The zero-order chi connectivity index (χ0) is 20.9. The third-order valence-corrected chi connectivity index (χ3v) is 4.85. The van der Waals surface area contributed by atoms with Crippen molar-refractivity contribution >= 4 is 5.91 Å². The van der Waals surface area contributed by atoms with Crippen LogP contribution in [0.1, 0.15) is 24.1 Å². The topological polar surface area (TPSA) is 80.6 Å². The Hall–Kier alpha value is -3.98. The van der Waals surface area contributed by atoms with Crippen LogP contribution in [0.25, 0.3) is 11.1 Å². The summed E-state index contributed by atoms with van der Waals surface area (Å²) in [5, 5.41) is 11.8. The maximum absolute atomic E-state index is 12.3. The van der Waals surface area contributed by atoms with Crippen molar-refractivity contribution in [2.75, 3.05) is 13.4 Å². The number of amides is 1. The number of ether oxygens (including phenoxy) is 3. The van der Waals surface area contributed by atoms with Gasteiger partial charge >= 0.3 is 0 Å². The number of carbonyl (C=O) groups excluding carboxylic acids is 1. The minimum Gasteiger partial charge on any atom is -0.484 e. The summed E-state index contributed by atoms with van der Waals surface area (Å²) in [6.07, 6.45) is 0. The van der Waals surface area contributed by atoms with E-state index in [1.54, 1.807) is 12.1 Å². The molecule has 3 aromatic carbocycles. The van der Waals surface area contributed by atoms with E-state index in [4.69, 9.17) is 19.5 Å². The number of rotatable bonds is 6. The van der Waals surface area contributed by atoms with Crippen LogP contribution in [0.4, 0.5) is 0 Å². The van der Waals surface area contributed by atoms with Crippen molar-refractivity contribution in [2.45, 2.75) is 13.0 Å². The Kier molecular flexibility index (Phi) is 5.53. The summed E-state index contributed by atoms with van der Waals surface area (Å²) in [6, 6.07) is 22.4. The SMILES string of the molecule is C[C@@H](NC(=O)COc1ccc(-c2ccc(C#N)cc2)cc1)c1ccc2c(c1)OCO2. The molecular formula is C24H20N2O4. The van der Waals surface area contributed by atoms with E-state index in [-0.39, 0.29) is 25.3 Å². The van der Waals surface area contributed by atoms with Crippen LogP contribution in [0, 0.1) is 11.3 Å². The highest BCUT2D eigenvalue weighted by atomic mass is 16.7. The number of nitriles is 1. The molecule has 0 unspecified atom stereocenters. The fourth-order valence-corrected chi connectivity index (χ4v) is 3.18. The lowest BCUT2D eigenvalue weighted by atomic mass is 10.0. The van der Waals surface area contributed by atoms with E-state index >= 15 is 0 Å². The Morgan fingerprint density at radius 1 is 1.03 bits per heavy atom. The van der Waals surface area contributed by atoms with Gasteiger partial charge in [-0.15, -0.1) is 0 Å². The van der Waals surface area contributed by atoms with Gasteiger partial charge in [-0.25, -0.2) is 0 Å². The lowest BCUT2D eigenvalue weighted by Crippen LogP contribution is -2.31. The quantitative estimate of drug-likeness (QED) is 0.670. The molecule has 1 amide bonds. The summed E-state index contributed by atoms with van der Waals surface area (Å²) >= 11 is 0. The first kappa shape index (κ1) is 19.3. The van der Waals surface area contributed by atoms with E-state index in [9.17, 15) is 4.79 Å². The molecule has 0 aliphatic carbocycles. The van der Waals surface area contributed by atoms with Crippen molar-refractivity contribution < 1.29 is 19.0 Å². The summed E-state index contributed by atoms with van der Waals surface area (Å²) in [4.78, 5) is 12.3. The van der Waals surface area contributed by atoms with Crippen LogP contribution in [0.2, 0.25) is 0 Å². The van der Waals surface area contributed by atoms with Crippen molar-refractivity contribution in [3.63, 3.8) is 0 Å². The van der Waals surface area contributed by atoms with E-state index in [2.05, 4.69) is 11.4 Å². The first-order valence-corrected chi connectivity index (χ1v) is 9.55. The molecule has 3 aromatic rings. The predicted molar refractivity (Wildman–Crippen MR) is 111 cm³/mol. The standard InChI is InChI=1S/C24H20N2O4/c1-16(20-8-11-22-23(12-20)30-15-29-22)26-24(27)14-28-21-9-6-19(7-10-21)18-4-2-17(13-25)3-5-18/h2-12,16H,14-15H2,1H3,(H,26,27)/t16-/m1/s1. The number of nitrogens with one attached hydrogen (secondary N) is 1. The molecule has 0 fully saturated rings. The van der Waals surface area contributed by atoms with E-state index in [0.29, 0.717) is 22.8 Å². The van der Waals surface area contributed by atoms with Crippen LogP contribution in [-0.2, 0) is 4.79 Å². The Morgan fingerprint density at radius 3 is 2.40 bits per heavy atom. The second kappa shape index (κ2) is 8.58. The molecule has 0 aromatic heterocycles. The third kappa shape index (κ3) is 4.36. The van der Waals surface area contributed by atoms with Crippen LogP contribution >= 0.6 is 0 Å². The van der Waals surface area contributed by atoms with Gasteiger partial charge in [0.05, 0.1) is 17.7 Å². The molecule has 6 nitrogen and oxygen atoms in total. The maximum atomic E-state index is 12.3. The molecule has 0 bridgehead atoms. The zero-order valence-corrected chi connectivity index (χ0v) is 16.4. The van der Waals surface area contributed by atoms with E-state index < -0.39 is 0 Å². The van der Waals surface area contributed by atoms with Crippen molar-refractivity contribution in [3.8, 4) is 34.4 Å². The molecule has 1 N–H and O–H groups in total. The average molecular weight is 400 g/mol. The molecule has 0 spiro atoms. The lowest BCUT2D eigenvalue weighted by Gasteiger charge is -2.15. The second-order valence-electron chi connectivity index (χ2n) is 6.90. The van der Waals surface area contributed by atoms with Crippen molar-refractivity contribution in [2.24, 2.45) is 0 Å². The molecule has 30 heavy (non-hydrogen) atoms. The second-order valence-corrected chi connectivity index (χ2v) is 6.90. The molecule has 0 saturated carbocycles. The number of fused-ring (bicyclic) bond motifs is 1. The minimum atomic E-state index is -0.212. The highest BCUT2D eigenvalue weighted by Gasteiger charge is 2.17. The summed E-state index contributed by atoms with van der Waals surface area (Å²) in [7, 11) is 0. The third-order valence-electron chi connectivity index (χ3n) is 4.85. The van der Waals surface area contributed by atoms with Crippen molar-refractivity contribution in [3.05, 3.63) is 77.9 Å². The van der Waals surface area contributed by atoms with Gasteiger partial charge < -0.3 is 19.5 Å². The molecule has 0 radical (unpaired) electrons. The monoisotopic (exact) mass is 400 g/mol. The molecule has 1 aliphatic heterocycles. The van der Waals surface area contributed by atoms with E-state index in [0.717, 1.165) is 16.7 Å². The smallest absolute Gasteiger partial charge is 0.258 e. The minimum absolute atomic E-state index is 0.0783. The number of benzene rings is 3. The fourth-order valence-electron chi connectivity index (χ4n) is 3.18. The lowest BCUT2D eigenvalue weighted by molar-refractivity contribution is -0.123. The van der Waals surface area contributed by atoms with Gasteiger partial charge in [0, 0.05) is 0 Å². The van der Waals surface area contributed by atoms with E-state index in [1.807, 2.05) is 61.5 Å². The zero-order valence-electron chi connectivity index (χ0n) is 16.4. The fraction of sp³-hybridized carbons (Fsp3) is 0.167. The van der Waals surface area contributed by atoms with Crippen LogP contribution in [0.15, 0.2) is 66.7 Å². The highest BCUT2D eigenvalue weighted by molar-refractivity contribution is 5.78. The Bertz CT molecular complexity index is 1090. The molecule has 1 aliphatic rings. The molecule has 1 heterocycles. The number of hydrogen-bond acceptors (Lipinski definition) is 5. The van der Waals surface area contributed by atoms with Gasteiger partial charge in [0.25, 0.3) is 5.91 Å². The molecule has 6 heteroatoms. The molecule has 4 rings (SSSR count). The number of nitrogens with zero attached hydrogens (tertiary/aromatic N) is 1. The van der Waals surface area contributed by atoms with Gasteiger partial charge in [0.1, 0.15) is 5.75 Å². The van der Waals surface area contributed by atoms with Gasteiger partial charge in [-0.05, 0) is 60.0 Å². The molecule has 0 saturated heterocycles. The van der Waals surface area contributed by atoms with Crippen molar-refractivity contribution in [1.29, 1.82) is 5.26 Å².